The molecule has 2 bridgehead atoms. The van der Waals surface area contributed by atoms with Crippen LogP contribution in [0.4, 0.5) is 0 Å². The highest BCUT2D eigenvalue weighted by atomic mass is 16.6. The lowest BCUT2D eigenvalue weighted by Gasteiger charge is -2.42. The molecule has 0 unspecified atom stereocenters. The van der Waals surface area contributed by atoms with Crippen molar-refractivity contribution in [3.05, 3.63) is 47.6 Å². The first-order valence-corrected chi connectivity index (χ1v) is 25.0. The molecular formula is C53H83NO14. The lowest BCUT2D eigenvalue weighted by atomic mass is 9.78. The van der Waals surface area contributed by atoms with E-state index in [1.807, 2.05) is 58.1 Å². The predicted molar refractivity (Wildman–Crippen MR) is 256 cm³/mol. The molecule has 3 N–H and O–H groups in total. The highest BCUT2D eigenvalue weighted by molar-refractivity contribution is 6.39. The van der Waals surface area contributed by atoms with Crippen molar-refractivity contribution in [2.45, 2.75) is 180 Å². The number of cyclic esters (lactones) is 1. The normalized spacial score (nSPS) is 39.2. The summed E-state index contributed by atoms with van der Waals surface area (Å²) in [4.78, 5) is 72.1. The molecular weight excluding hydrogens is 875 g/mol. The highest BCUT2D eigenvalue weighted by Gasteiger charge is 2.53. The molecule has 15 atom stereocenters. The molecule has 0 spiro atoms. The number of piperidine rings is 1. The number of Topliss-reactive ketones (excluding diaryl/α,β-unsaturated/α-hetero) is 3. The van der Waals surface area contributed by atoms with E-state index in [4.69, 9.17) is 28.4 Å². The third-order valence-corrected chi connectivity index (χ3v) is 14.9. The van der Waals surface area contributed by atoms with E-state index in [1.165, 1.54) is 12.0 Å². The highest BCUT2D eigenvalue weighted by Crippen LogP contribution is 2.38. The van der Waals surface area contributed by atoms with Gasteiger partial charge in [0.25, 0.3) is 11.7 Å². The van der Waals surface area contributed by atoms with Crippen LogP contribution in [0.2, 0.25) is 0 Å². The Morgan fingerprint density at radius 1 is 0.853 bits per heavy atom. The zero-order chi connectivity index (χ0) is 50.3. The molecule has 0 aromatic rings. The van der Waals surface area contributed by atoms with Gasteiger partial charge in [0.05, 0.1) is 37.6 Å². The number of ether oxygens (including phenoxy) is 6. The molecule has 0 radical (unpaired) electrons. The van der Waals surface area contributed by atoms with E-state index in [-0.39, 0.29) is 74.1 Å². The van der Waals surface area contributed by atoms with Gasteiger partial charge in [-0.25, -0.2) is 4.79 Å². The van der Waals surface area contributed by atoms with Crippen LogP contribution in [0, 0.1) is 35.5 Å². The van der Waals surface area contributed by atoms with Crippen molar-refractivity contribution in [2.24, 2.45) is 35.5 Å². The van der Waals surface area contributed by atoms with Crippen LogP contribution in [0.15, 0.2) is 47.6 Å². The van der Waals surface area contributed by atoms with Gasteiger partial charge in [-0.05, 0) is 107 Å². The van der Waals surface area contributed by atoms with Crippen LogP contribution in [-0.2, 0) is 52.4 Å². The molecule has 1 aliphatic carbocycles. The smallest absolute Gasteiger partial charge is 0.329 e. The maximum Gasteiger partial charge on any atom is 0.329 e. The SMILES string of the molecule is CO[C@H]1C[C@@H]2CC[C@@H](C)[C@@](O)(O2)C(=O)C(=O)N2CCCC[C@H]2C(=O)O[C@H]([C@H](C)C[C@@H]2CC[C@@H](OCCO)[C@H](OC)C2)CC(=O)[C@H](C)/C=C(/C)[C@@H](O)[C@@H](OC)C(=O)[C@H](C)C[C@H](C)/C=C/C=C\C=C\1C. The molecule has 3 heterocycles. The molecule has 384 valence electrons. The molecule has 15 heteroatoms. The third kappa shape index (κ3) is 15.3. The van der Waals surface area contributed by atoms with Crippen molar-refractivity contribution in [2.75, 3.05) is 41.1 Å². The lowest BCUT2D eigenvalue weighted by Crippen LogP contribution is -2.61. The largest absolute Gasteiger partial charge is 0.460 e. The minimum Gasteiger partial charge on any atom is -0.460 e. The summed E-state index contributed by atoms with van der Waals surface area (Å²) in [5.74, 6) is -7.96. The van der Waals surface area contributed by atoms with E-state index in [1.54, 1.807) is 41.1 Å². The first kappa shape index (κ1) is 57.2. The molecule has 68 heavy (non-hydrogen) atoms. The molecule has 4 rings (SSSR count). The number of carbonyl (C=O) groups is 5. The standard InChI is InChI=1S/C53H83NO14/c1-32-16-12-11-13-17-33(2)44(63-8)30-40-21-19-38(7)53(62,68-40)50(59)51(60)54-23-15-14-18-41(54)52(61)67-45(35(4)28-39-20-22-43(66-25-24-55)46(29-39)64-9)31-42(56)34(3)27-37(6)48(58)49(65-10)47(57)36(5)26-32/h11-13,16-17,27,32,34-36,38-41,43-46,48-49,55,58,62H,14-15,18-26,28-31H2,1-10H3/b13-11-,16-12+,33-17+,37-27-/t32-,34-,35-,36-,38-,39+,40+,41+,43-,44+,45+,46-,48-,49+,53-/m1/s1. The van der Waals surface area contributed by atoms with E-state index >= 15 is 0 Å². The number of esters is 1. The number of rotatable bonds is 9. The topological polar surface area (TPSA) is 205 Å². The lowest BCUT2D eigenvalue weighted by molar-refractivity contribution is -0.265. The number of hydrogen-bond donors (Lipinski definition) is 3. The fourth-order valence-corrected chi connectivity index (χ4v) is 10.5. The predicted octanol–water partition coefficient (Wildman–Crippen LogP) is 6.20. The summed E-state index contributed by atoms with van der Waals surface area (Å²) in [6.07, 6.45) is 12.0. The van der Waals surface area contributed by atoms with Crippen LogP contribution in [0.5, 0.6) is 0 Å². The second kappa shape index (κ2) is 27.3. The minimum atomic E-state index is -2.43. The number of aliphatic hydroxyl groups excluding tert-OH is 2. The Kier molecular flexibility index (Phi) is 22.9. The van der Waals surface area contributed by atoms with Crippen molar-refractivity contribution in [3.63, 3.8) is 0 Å². The van der Waals surface area contributed by atoms with E-state index < -0.39 is 77.8 Å². The zero-order valence-electron chi connectivity index (χ0n) is 42.4. The molecule has 0 aromatic heterocycles. The van der Waals surface area contributed by atoms with Gasteiger partial charge >= 0.3 is 5.97 Å². The summed E-state index contributed by atoms with van der Waals surface area (Å²) in [7, 11) is 4.58. The van der Waals surface area contributed by atoms with Crippen molar-refractivity contribution >= 4 is 29.2 Å². The maximum atomic E-state index is 14.5. The molecule has 1 saturated carbocycles. The Labute approximate surface area is 405 Å². The van der Waals surface area contributed by atoms with Gasteiger partial charge in [0.2, 0.25) is 5.79 Å². The van der Waals surface area contributed by atoms with Gasteiger partial charge in [0.15, 0.2) is 5.78 Å². The van der Waals surface area contributed by atoms with E-state index in [0.29, 0.717) is 63.4 Å². The van der Waals surface area contributed by atoms with Crippen LogP contribution in [-0.4, -0.2) is 145 Å². The Morgan fingerprint density at radius 3 is 2.26 bits per heavy atom. The van der Waals surface area contributed by atoms with Crippen molar-refractivity contribution in [1.29, 1.82) is 0 Å². The number of fused-ring (bicyclic) bond motifs is 3. The number of hydrogen-bond acceptors (Lipinski definition) is 14. The first-order valence-electron chi connectivity index (χ1n) is 25.0. The van der Waals surface area contributed by atoms with E-state index in [9.17, 15) is 39.3 Å². The van der Waals surface area contributed by atoms with Gasteiger partial charge in [-0.2, -0.15) is 0 Å². The van der Waals surface area contributed by atoms with Crippen molar-refractivity contribution in [1.82, 2.24) is 4.90 Å². The number of amides is 1. The molecule has 3 fully saturated rings. The summed E-state index contributed by atoms with van der Waals surface area (Å²) in [5.41, 5.74) is 1.26. The Hall–Kier alpha value is -3.41. The van der Waals surface area contributed by atoms with Gasteiger partial charge < -0.3 is 48.6 Å². The summed E-state index contributed by atoms with van der Waals surface area (Å²) < 4.78 is 35.6. The Balaban J connectivity index is 1.70. The number of nitrogens with zero attached hydrogens (tertiary/aromatic N) is 1. The first-order chi connectivity index (χ1) is 32.3. The van der Waals surface area contributed by atoms with Crippen LogP contribution in [0.3, 0.4) is 0 Å². The fourth-order valence-electron chi connectivity index (χ4n) is 10.5. The summed E-state index contributed by atoms with van der Waals surface area (Å²) in [6.45, 7) is 12.9. The third-order valence-electron chi connectivity index (χ3n) is 14.9. The van der Waals surface area contributed by atoms with E-state index in [2.05, 4.69) is 0 Å². The number of ketones is 3. The second-order valence-electron chi connectivity index (χ2n) is 20.2. The zero-order valence-corrected chi connectivity index (χ0v) is 42.4. The summed E-state index contributed by atoms with van der Waals surface area (Å²) in [5, 5.41) is 32.8. The Bertz CT molecular complexity index is 1810. The van der Waals surface area contributed by atoms with Crippen molar-refractivity contribution in [3.8, 4) is 0 Å². The van der Waals surface area contributed by atoms with Crippen LogP contribution in [0.25, 0.3) is 0 Å². The molecule has 2 saturated heterocycles. The number of aliphatic hydroxyl groups is 3. The molecule has 1 amide bonds. The maximum absolute atomic E-state index is 14.5. The average molecular weight is 958 g/mol. The van der Waals surface area contributed by atoms with Crippen LogP contribution < -0.4 is 0 Å². The number of carbonyl (C=O) groups excluding carboxylic acids is 5. The molecule has 15 nitrogen and oxygen atoms in total. The minimum absolute atomic E-state index is 0.0158. The van der Waals surface area contributed by atoms with Gasteiger partial charge in [-0.1, -0.05) is 71.1 Å². The second-order valence-corrected chi connectivity index (χ2v) is 20.2. The van der Waals surface area contributed by atoms with Crippen molar-refractivity contribution < 1.29 is 67.7 Å². The number of methoxy groups -OCH3 is 3. The summed E-state index contributed by atoms with van der Waals surface area (Å²) >= 11 is 0. The number of allylic oxidation sites excluding steroid dienone is 6. The Morgan fingerprint density at radius 2 is 1.59 bits per heavy atom. The average Bonchev–Trinajstić information content (AvgIpc) is 3.32. The molecule has 4 aliphatic rings. The van der Waals surface area contributed by atoms with E-state index in [0.717, 1.165) is 12.0 Å². The molecule has 0 aromatic carbocycles. The van der Waals surface area contributed by atoms with Gasteiger partial charge in [-0.3, -0.25) is 19.2 Å². The monoisotopic (exact) mass is 958 g/mol. The quantitative estimate of drug-likeness (QED) is 0.134. The van der Waals surface area contributed by atoms with Gasteiger partial charge in [-0.15, -0.1) is 0 Å². The van der Waals surface area contributed by atoms with Crippen LogP contribution >= 0.6 is 0 Å². The summed E-state index contributed by atoms with van der Waals surface area (Å²) in [6, 6.07) is -1.14. The van der Waals surface area contributed by atoms with Gasteiger partial charge in [0.1, 0.15) is 30.1 Å². The van der Waals surface area contributed by atoms with Crippen LogP contribution in [0.1, 0.15) is 126 Å². The molecule has 3 aliphatic heterocycles. The fraction of sp³-hybridized carbons (Fsp3) is 0.755. The van der Waals surface area contributed by atoms with Gasteiger partial charge in [0, 0.05) is 58.5 Å².